The van der Waals surface area contributed by atoms with Crippen LogP contribution in [0.2, 0.25) is 0 Å². The summed E-state index contributed by atoms with van der Waals surface area (Å²) in [7, 11) is 0. The minimum absolute atomic E-state index is 0.114. The van der Waals surface area contributed by atoms with Crippen LogP contribution in [0.1, 0.15) is 117 Å². The first-order chi connectivity index (χ1) is 10.8. The summed E-state index contributed by atoms with van der Waals surface area (Å²) in [6.07, 6.45) is 24.9. The molecule has 0 aromatic rings. The Morgan fingerprint density at radius 2 is 1.14 bits per heavy atom. The second kappa shape index (κ2) is 18.7. The first-order valence-corrected chi connectivity index (χ1v) is 10.1. The van der Waals surface area contributed by atoms with Crippen LogP contribution in [0.3, 0.4) is 0 Å². The summed E-state index contributed by atoms with van der Waals surface area (Å²) in [6, 6.07) is 0. The van der Waals surface area contributed by atoms with Gasteiger partial charge in [-0.15, -0.1) is 0 Å². The smallest absolute Gasteiger partial charge is 0.0574 e. The number of hydrogen-bond acceptors (Lipinski definition) is 1. The van der Waals surface area contributed by atoms with Crippen molar-refractivity contribution in [3.63, 3.8) is 0 Å². The van der Waals surface area contributed by atoms with Gasteiger partial charge in [0.15, 0.2) is 0 Å². The van der Waals surface area contributed by atoms with E-state index in [1.807, 2.05) is 0 Å². The topological polar surface area (TPSA) is 20.2 Å². The largest absolute Gasteiger partial charge is 0.393 e. The summed E-state index contributed by atoms with van der Waals surface area (Å²) in [5, 5.41) is 9.92. The van der Waals surface area contributed by atoms with E-state index in [4.69, 9.17) is 0 Å². The molecule has 1 heteroatoms. The third-order valence-electron chi connectivity index (χ3n) is 4.44. The molecule has 0 amide bonds. The Morgan fingerprint density at radius 3 is 1.73 bits per heavy atom. The lowest BCUT2D eigenvalue weighted by molar-refractivity contribution is 0.163. The number of allylic oxidation sites excluding steroid dienone is 1. The van der Waals surface area contributed by atoms with Crippen LogP contribution < -0.4 is 0 Å². The summed E-state index contributed by atoms with van der Waals surface area (Å²) in [5.41, 5.74) is 0. The van der Waals surface area contributed by atoms with Crippen molar-refractivity contribution in [2.45, 2.75) is 123 Å². The first kappa shape index (κ1) is 21.7. The van der Waals surface area contributed by atoms with E-state index < -0.39 is 0 Å². The van der Waals surface area contributed by atoms with E-state index in [-0.39, 0.29) is 6.10 Å². The van der Waals surface area contributed by atoms with Crippen LogP contribution in [0.25, 0.3) is 0 Å². The molecule has 1 atom stereocenters. The Morgan fingerprint density at radius 1 is 0.636 bits per heavy atom. The van der Waals surface area contributed by atoms with Gasteiger partial charge < -0.3 is 5.11 Å². The highest BCUT2D eigenvalue weighted by molar-refractivity contribution is 4.83. The van der Waals surface area contributed by atoms with Crippen molar-refractivity contribution in [3.05, 3.63) is 12.2 Å². The van der Waals surface area contributed by atoms with E-state index in [0.29, 0.717) is 0 Å². The van der Waals surface area contributed by atoms with Gasteiger partial charge in [-0.2, -0.15) is 0 Å². The fourth-order valence-corrected chi connectivity index (χ4v) is 2.87. The van der Waals surface area contributed by atoms with Gasteiger partial charge in [0.2, 0.25) is 0 Å². The summed E-state index contributed by atoms with van der Waals surface area (Å²) < 4.78 is 0. The molecule has 0 saturated carbocycles. The lowest BCUT2D eigenvalue weighted by Gasteiger charge is -2.07. The van der Waals surface area contributed by atoms with Gasteiger partial charge in [-0.1, -0.05) is 103 Å². The lowest BCUT2D eigenvalue weighted by Crippen LogP contribution is -2.04. The van der Waals surface area contributed by atoms with Crippen LogP contribution in [0, 0.1) is 0 Å². The third kappa shape index (κ3) is 17.8. The number of unbranched alkanes of at least 4 members (excludes halogenated alkanes) is 12. The quantitative estimate of drug-likeness (QED) is 0.223. The molecule has 0 radical (unpaired) electrons. The molecule has 0 aliphatic carbocycles. The minimum atomic E-state index is -0.114. The van der Waals surface area contributed by atoms with E-state index in [2.05, 4.69) is 26.0 Å². The predicted molar refractivity (Wildman–Crippen MR) is 100 cm³/mol. The zero-order valence-corrected chi connectivity index (χ0v) is 15.5. The van der Waals surface area contributed by atoms with Gasteiger partial charge >= 0.3 is 0 Å². The van der Waals surface area contributed by atoms with E-state index in [9.17, 15) is 5.11 Å². The fraction of sp³-hybridized carbons (Fsp3) is 0.905. The average Bonchev–Trinajstić information content (AvgIpc) is 2.52. The van der Waals surface area contributed by atoms with Crippen LogP contribution in [-0.2, 0) is 0 Å². The molecule has 0 rings (SSSR count). The van der Waals surface area contributed by atoms with Crippen LogP contribution in [0.4, 0.5) is 0 Å². The highest BCUT2D eigenvalue weighted by Crippen LogP contribution is 2.13. The van der Waals surface area contributed by atoms with E-state index in [0.717, 1.165) is 12.8 Å². The highest BCUT2D eigenvalue weighted by atomic mass is 16.3. The van der Waals surface area contributed by atoms with E-state index in [1.54, 1.807) is 0 Å². The Labute approximate surface area is 140 Å². The van der Waals surface area contributed by atoms with Crippen LogP contribution in [-0.4, -0.2) is 11.2 Å². The molecule has 0 aromatic carbocycles. The monoisotopic (exact) mass is 310 g/mol. The highest BCUT2D eigenvalue weighted by Gasteiger charge is 2.01. The maximum Gasteiger partial charge on any atom is 0.0574 e. The Hall–Kier alpha value is -0.300. The average molecular weight is 311 g/mol. The summed E-state index contributed by atoms with van der Waals surface area (Å²) in [6.45, 7) is 4.51. The maximum absolute atomic E-state index is 9.92. The van der Waals surface area contributed by atoms with Gasteiger partial charge in [-0.25, -0.2) is 0 Å². The zero-order chi connectivity index (χ0) is 16.3. The standard InChI is InChI=1S/C21H42O/c1-3-5-7-9-11-12-13-14-16-18-20-21(22)19-17-15-10-8-6-4-2/h15,17,21-22H,3-14,16,18-20H2,1-2H3/b17-15+. The molecule has 0 heterocycles. The first-order valence-electron chi connectivity index (χ1n) is 10.1. The van der Waals surface area contributed by atoms with Crippen molar-refractivity contribution in [2.24, 2.45) is 0 Å². The van der Waals surface area contributed by atoms with Crippen molar-refractivity contribution < 1.29 is 5.11 Å². The van der Waals surface area contributed by atoms with Crippen molar-refractivity contribution in [1.29, 1.82) is 0 Å². The van der Waals surface area contributed by atoms with Gasteiger partial charge in [-0.05, 0) is 25.7 Å². The zero-order valence-electron chi connectivity index (χ0n) is 15.5. The Bertz CT molecular complexity index is 222. The molecular weight excluding hydrogens is 268 g/mol. The van der Waals surface area contributed by atoms with Gasteiger partial charge in [0.25, 0.3) is 0 Å². The van der Waals surface area contributed by atoms with Crippen molar-refractivity contribution in [3.8, 4) is 0 Å². The van der Waals surface area contributed by atoms with Crippen molar-refractivity contribution in [1.82, 2.24) is 0 Å². The normalized spacial score (nSPS) is 13.0. The summed E-state index contributed by atoms with van der Waals surface area (Å²) in [4.78, 5) is 0. The number of rotatable bonds is 17. The van der Waals surface area contributed by atoms with E-state index >= 15 is 0 Å². The molecule has 1 nitrogen and oxygen atoms in total. The van der Waals surface area contributed by atoms with Gasteiger partial charge in [-0.3, -0.25) is 0 Å². The minimum Gasteiger partial charge on any atom is -0.393 e. The molecule has 0 saturated heterocycles. The van der Waals surface area contributed by atoms with Gasteiger partial charge in [0.1, 0.15) is 0 Å². The van der Waals surface area contributed by atoms with Crippen LogP contribution in [0.5, 0.6) is 0 Å². The number of hydrogen-bond donors (Lipinski definition) is 1. The second-order valence-corrected chi connectivity index (χ2v) is 6.83. The molecule has 1 N–H and O–H groups in total. The molecular formula is C21H42O. The molecule has 1 unspecified atom stereocenters. The van der Waals surface area contributed by atoms with Gasteiger partial charge in [0.05, 0.1) is 6.10 Å². The number of aliphatic hydroxyl groups is 1. The molecule has 0 aliphatic heterocycles. The van der Waals surface area contributed by atoms with Crippen molar-refractivity contribution >= 4 is 0 Å². The van der Waals surface area contributed by atoms with Crippen molar-refractivity contribution in [2.75, 3.05) is 0 Å². The summed E-state index contributed by atoms with van der Waals surface area (Å²) in [5.74, 6) is 0. The molecule has 0 fully saturated rings. The number of aliphatic hydroxyl groups excluding tert-OH is 1. The predicted octanol–water partition coefficient (Wildman–Crippen LogP) is 7.18. The van der Waals surface area contributed by atoms with Crippen LogP contribution in [0.15, 0.2) is 12.2 Å². The SMILES string of the molecule is CCCCC/C=C/CC(O)CCCCCCCCCCCC. The van der Waals surface area contributed by atoms with E-state index in [1.165, 1.54) is 89.9 Å². The molecule has 0 aliphatic rings. The summed E-state index contributed by atoms with van der Waals surface area (Å²) >= 11 is 0. The Balaban J connectivity index is 3.19. The van der Waals surface area contributed by atoms with Crippen LogP contribution >= 0.6 is 0 Å². The molecule has 0 bridgehead atoms. The van der Waals surface area contributed by atoms with Gasteiger partial charge in [0, 0.05) is 0 Å². The molecule has 132 valence electrons. The molecule has 22 heavy (non-hydrogen) atoms. The third-order valence-corrected chi connectivity index (χ3v) is 4.44. The lowest BCUT2D eigenvalue weighted by atomic mass is 10.0. The second-order valence-electron chi connectivity index (χ2n) is 6.83. The Kier molecular flexibility index (Phi) is 18.5. The molecule has 0 aromatic heterocycles. The fourth-order valence-electron chi connectivity index (χ4n) is 2.87. The maximum atomic E-state index is 9.92. The molecule has 0 spiro atoms.